The van der Waals surface area contributed by atoms with Gasteiger partial charge in [0.25, 0.3) is 0 Å². The number of likely N-dealkylation sites (tertiary alicyclic amines) is 1. The summed E-state index contributed by atoms with van der Waals surface area (Å²) in [5, 5.41) is 13.6. The molecule has 6 heteroatoms. The van der Waals surface area contributed by atoms with Gasteiger partial charge < -0.3 is 20.3 Å². The van der Waals surface area contributed by atoms with Crippen molar-refractivity contribution in [2.24, 2.45) is 11.3 Å². The van der Waals surface area contributed by atoms with Gasteiger partial charge in [0.05, 0.1) is 12.0 Å². The van der Waals surface area contributed by atoms with Gasteiger partial charge in [-0.2, -0.15) is 0 Å². The highest BCUT2D eigenvalue weighted by molar-refractivity contribution is 5.82. The van der Waals surface area contributed by atoms with Crippen molar-refractivity contribution < 1.29 is 14.7 Å². The van der Waals surface area contributed by atoms with E-state index in [1.807, 2.05) is 30.3 Å². The van der Waals surface area contributed by atoms with Crippen molar-refractivity contribution in [3.63, 3.8) is 0 Å². The van der Waals surface area contributed by atoms with Crippen molar-refractivity contribution in [1.82, 2.24) is 15.2 Å². The third-order valence-electron chi connectivity index (χ3n) is 5.60. The summed E-state index contributed by atoms with van der Waals surface area (Å²) < 4.78 is 0. The van der Waals surface area contributed by atoms with E-state index in [4.69, 9.17) is 0 Å². The Hall–Kier alpha value is -2.50. The molecular weight excluding hydrogens is 306 g/mol. The van der Waals surface area contributed by atoms with Crippen LogP contribution in [0.3, 0.4) is 0 Å². The second-order valence-electron chi connectivity index (χ2n) is 6.97. The first-order chi connectivity index (χ1) is 11.6. The molecule has 0 radical (unpaired) electrons. The number of nitrogens with one attached hydrogen (secondary N) is 2. The van der Waals surface area contributed by atoms with Crippen LogP contribution in [0.4, 0.5) is 4.79 Å². The molecule has 1 aliphatic carbocycles. The Bertz CT molecular complexity index is 767. The highest BCUT2D eigenvalue weighted by Gasteiger charge is 2.55. The lowest BCUT2D eigenvalue weighted by Gasteiger charge is -2.23. The Kier molecular flexibility index (Phi) is 3.48. The number of para-hydroxylation sites is 1. The summed E-state index contributed by atoms with van der Waals surface area (Å²) in [6.45, 7) is 1.28. The number of aliphatic carboxylic acids is 1. The number of hydrogen-bond donors (Lipinski definition) is 3. The SMILES string of the molecule is O=C(NCc1cc2ccccc2[nH]1)N1C[C@@H]2CCC[C@@]2(C(=O)O)C1. The van der Waals surface area contributed by atoms with Gasteiger partial charge in [0.2, 0.25) is 0 Å². The number of carbonyl (C=O) groups is 2. The normalized spacial score (nSPS) is 25.8. The fraction of sp³-hybridized carbons (Fsp3) is 0.444. The zero-order valence-corrected chi connectivity index (χ0v) is 13.4. The van der Waals surface area contributed by atoms with Gasteiger partial charge in [0, 0.05) is 24.3 Å². The van der Waals surface area contributed by atoms with Gasteiger partial charge in [-0.15, -0.1) is 0 Å². The van der Waals surface area contributed by atoms with Crippen molar-refractivity contribution in [3.8, 4) is 0 Å². The number of aromatic amines is 1. The number of nitrogens with zero attached hydrogens (tertiary/aromatic N) is 1. The smallest absolute Gasteiger partial charge is 0.317 e. The summed E-state index contributed by atoms with van der Waals surface area (Å²) in [4.78, 5) is 29.1. The summed E-state index contributed by atoms with van der Waals surface area (Å²) in [7, 11) is 0. The van der Waals surface area contributed by atoms with Crippen LogP contribution < -0.4 is 5.32 Å². The van der Waals surface area contributed by atoms with Gasteiger partial charge in [0.1, 0.15) is 0 Å². The zero-order valence-electron chi connectivity index (χ0n) is 13.4. The molecule has 0 unspecified atom stereocenters. The molecule has 1 saturated heterocycles. The minimum atomic E-state index is -0.754. The standard InChI is InChI=1S/C18H21N3O3/c22-16(23)18-7-3-5-13(18)10-21(11-18)17(24)19-9-14-8-12-4-1-2-6-15(12)20-14/h1-2,4,6,8,13,20H,3,5,7,9-11H2,(H,19,24)(H,22,23)/t13-,18+/m0/s1. The molecule has 0 bridgehead atoms. The van der Waals surface area contributed by atoms with Crippen LogP contribution in [0, 0.1) is 11.3 Å². The second-order valence-corrected chi connectivity index (χ2v) is 6.97. The summed E-state index contributed by atoms with van der Waals surface area (Å²) in [5.74, 6) is -0.662. The third-order valence-corrected chi connectivity index (χ3v) is 5.60. The minimum Gasteiger partial charge on any atom is -0.481 e. The Morgan fingerprint density at radius 1 is 1.38 bits per heavy atom. The van der Waals surface area contributed by atoms with Crippen LogP contribution in [0.1, 0.15) is 25.0 Å². The average molecular weight is 327 g/mol. The van der Waals surface area contributed by atoms with Gasteiger partial charge in [-0.3, -0.25) is 4.79 Å². The molecule has 2 aliphatic rings. The molecule has 2 heterocycles. The van der Waals surface area contributed by atoms with Crippen molar-refractivity contribution in [2.45, 2.75) is 25.8 Å². The van der Waals surface area contributed by atoms with Gasteiger partial charge >= 0.3 is 12.0 Å². The topological polar surface area (TPSA) is 85.4 Å². The zero-order chi connectivity index (χ0) is 16.7. The van der Waals surface area contributed by atoms with Crippen molar-refractivity contribution in [2.75, 3.05) is 13.1 Å². The number of rotatable bonds is 3. The summed E-state index contributed by atoms with van der Waals surface area (Å²) in [6.07, 6.45) is 2.53. The lowest BCUT2D eigenvalue weighted by Crippen LogP contribution is -2.41. The van der Waals surface area contributed by atoms with Crippen molar-refractivity contribution >= 4 is 22.9 Å². The predicted molar refractivity (Wildman–Crippen MR) is 89.5 cm³/mol. The molecule has 1 aliphatic heterocycles. The van der Waals surface area contributed by atoms with E-state index in [0.29, 0.717) is 26.1 Å². The molecule has 4 rings (SSSR count). The number of hydrogen-bond acceptors (Lipinski definition) is 2. The fourth-order valence-corrected chi connectivity index (χ4v) is 4.30. The van der Waals surface area contributed by atoms with Gasteiger partial charge in [-0.25, -0.2) is 4.79 Å². The number of H-pyrrole nitrogens is 1. The molecule has 2 fully saturated rings. The maximum absolute atomic E-state index is 12.4. The Labute approximate surface area is 139 Å². The number of carboxylic acids is 1. The van der Waals surface area contributed by atoms with Crippen LogP contribution in [0.15, 0.2) is 30.3 Å². The highest BCUT2D eigenvalue weighted by atomic mass is 16.4. The summed E-state index contributed by atoms with van der Waals surface area (Å²) in [6, 6.07) is 9.81. The maximum atomic E-state index is 12.4. The number of fused-ring (bicyclic) bond motifs is 2. The molecule has 6 nitrogen and oxygen atoms in total. The van der Waals surface area contributed by atoms with Crippen LogP contribution in [-0.4, -0.2) is 40.1 Å². The van der Waals surface area contributed by atoms with Gasteiger partial charge in [-0.05, 0) is 36.3 Å². The Morgan fingerprint density at radius 3 is 2.96 bits per heavy atom. The summed E-state index contributed by atoms with van der Waals surface area (Å²) in [5.41, 5.74) is 1.26. The molecule has 3 N–H and O–H groups in total. The largest absolute Gasteiger partial charge is 0.481 e. The molecule has 1 aromatic carbocycles. The monoisotopic (exact) mass is 327 g/mol. The first kappa shape index (κ1) is 15.1. The minimum absolute atomic E-state index is 0.0915. The predicted octanol–water partition coefficient (Wildman–Crippen LogP) is 2.56. The van der Waals surface area contributed by atoms with E-state index >= 15 is 0 Å². The quantitative estimate of drug-likeness (QED) is 0.810. The van der Waals surface area contributed by atoms with E-state index in [1.54, 1.807) is 4.90 Å². The van der Waals surface area contributed by atoms with E-state index < -0.39 is 11.4 Å². The number of benzene rings is 1. The van der Waals surface area contributed by atoms with Gasteiger partial charge in [-0.1, -0.05) is 24.6 Å². The molecule has 0 spiro atoms. The third kappa shape index (κ3) is 2.33. The molecule has 2 amide bonds. The van der Waals surface area contributed by atoms with E-state index in [0.717, 1.165) is 29.4 Å². The van der Waals surface area contributed by atoms with E-state index in [2.05, 4.69) is 10.3 Å². The Balaban J connectivity index is 1.41. The van der Waals surface area contributed by atoms with E-state index in [1.165, 1.54) is 0 Å². The van der Waals surface area contributed by atoms with Gasteiger partial charge in [0.15, 0.2) is 0 Å². The number of carbonyl (C=O) groups excluding carboxylic acids is 1. The molecule has 126 valence electrons. The first-order valence-corrected chi connectivity index (χ1v) is 8.41. The van der Waals surface area contributed by atoms with Crippen molar-refractivity contribution in [3.05, 3.63) is 36.0 Å². The molecule has 24 heavy (non-hydrogen) atoms. The average Bonchev–Trinajstić information content (AvgIpc) is 3.23. The fourth-order valence-electron chi connectivity index (χ4n) is 4.30. The number of aromatic nitrogens is 1. The molecular formula is C18H21N3O3. The summed E-state index contributed by atoms with van der Waals surface area (Å²) >= 11 is 0. The first-order valence-electron chi connectivity index (χ1n) is 8.41. The van der Waals surface area contributed by atoms with E-state index in [-0.39, 0.29) is 11.9 Å². The van der Waals surface area contributed by atoms with Crippen LogP contribution in [0.2, 0.25) is 0 Å². The molecule has 1 aromatic heterocycles. The van der Waals surface area contributed by atoms with Crippen LogP contribution in [-0.2, 0) is 11.3 Å². The number of carboxylic acid groups (broad SMARTS) is 1. The van der Waals surface area contributed by atoms with Crippen LogP contribution in [0.5, 0.6) is 0 Å². The molecule has 1 saturated carbocycles. The Morgan fingerprint density at radius 2 is 2.21 bits per heavy atom. The molecule has 2 atom stereocenters. The number of amides is 2. The number of urea groups is 1. The lowest BCUT2D eigenvalue weighted by atomic mass is 9.81. The van der Waals surface area contributed by atoms with E-state index in [9.17, 15) is 14.7 Å². The van der Waals surface area contributed by atoms with Crippen LogP contribution >= 0.6 is 0 Å². The maximum Gasteiger partial charge on any atom is 0.317 e. The molecule has 2 aromatic rings. The van der Waals surface area contributed by atoms with Crippen LogP contribution in [0.25, 0.3) is 10.9 Å². The highest BCUT2D eigenvalue weighted by Crippen LogP contribution is 2.48. The lowest BCUT2D eigenvalue weighted by molar-refractivity contribution is -0.149. The second kappa shape index (κ2) is 5.54. The van der Waals surface area contributed by atoms with Crippen molar-refractivity contribution in [1.29, 1.82) is 0 Å².